The van der Waals surface area contributed by atoms with Crippen LogP contribution in [0.15, 0.2) is 57.9 Å². The second-order valence-electron chi connectivity index (χ2n) is 4.06. The lowest BCUT2D eigenvalue weighted by Gasteiger charge is -2.08. The van der Waals surface area contributed by atoms with Crippen LogP contribution in [0.1, 0.15) is 11.1 Å². The topological polar surface area (TPSA) is 70.0 Å². The summed E-state index contributed by atoms with van der Waals surface area (Å²) in [4.78, 5) is -0.000360. The fraction of sp³-hybridized carbons (Fsp3) is 0.0714. The summed E-state index contributed by atoms with van der Waals surface area (Å²) in [6.45, 7) is 0.176. The Morgan fingerprint density at radius 3 is 2.40 bits per heavy atom. The zero-order chi connectivity index (χ0) is 14.6. The molecule has 2 aromatic carbocycles. The van der Waals surface area contributed by atoms with Gasteiger partial charge in [-0.15, -0.1) is 0 Å². The molecule has 0 aliphatic carbocycles. The Balaban J connectivity index is 2.20. The van der Waals surface area contributed by atoms with E-state index in [4.69, 9.17) is 5.26 Å². The van der Waals surface area contributed by atoms with Crippen molar-refractivity contribution in [2.45, 2.75) is 11.4 Å². The minimum atomic E-state index is -3.70. The number of nitrogens with zero attached hydrogens (tertiary/aromatic N) is 1. The maximum atomic E-state index is 12.2. The SMILES string of the molecule is N#Cc1ccccc1S(=O)(=O)NCc1ccc(Br)cc1. The highest BCUT2D eigenvalue weighted by Gasteiger charge is 2.17. The second kappa shape index (κ2) is 6.18. The Kier molecular flexibility index (Phi) is 4.55. The van der Waals surface area contributed by atoms with Gasteiger partial charge in [-0.3, -0.25) is 0 Å². The van der Waals surface area contributed by atoms with Crippen LogP contribution in [0, 0.1) is 11.3 Å². The monoisotopic (exact) mass is 350 g/mol. The van der Waals surface area contributed by atoms with Gasteiger partial charge < -0.3 is 0 Å². The summed E-state index contributed by atoms with van der Waals surface area (Å²) in [7, 11) is -3.70. The number of benzene rings is 2. The largest absolute Gasteiger partial charge is 0.242 e. The van der Waals surface area contributed by atoms with E-state index in [1.165, 1.54) is 12.1 Å². The molecule has 2 aromatic rings. The molecule has 1 N–H and O–H groups in total. The lowest BCUT2D eigenvalue weighted by molar-refractivity contribution is 0.581. The molecule has 0 bridgehead atoms. The molecule has 0 unspecified atom stereocenters. The van der Waals surface area contributed by atoms with Crippen molar-refractivity contribution in [1.29, 1.82) is 5.26 Å². The number of nitrogens with one attached hydrogen (secondary N) is 1. The van der Waals surface area contributed by atoms with Gasteiger partial charge in [-0.1, -0.05) is 40.2 Å². The molecule has 0 saturated carbocycles. The molecular formula is C14H11BrN2O2S. The third-order valence-electron chi connectivity index (χ3n) is 2.68. The second-order valence-corrected chi connectivity index (χ2v) is 6.71. The van der Waals surface area contributed by atoms with Crippen LogP contribution < -0.4 is 4.72 Å². The summed E-state index contributed by atoms with van der Waals surface area (Å²) in [5, 5.41) is 8.95. The van der Waals surface area contributed by atoms with Crippen LogP contribution in [-0.2, 0) is 16.6 Å². The molecular weight excluding hydrogens is 340 g/mol. The lowest BCUT2D eigenvalue weighted by Crippen LogP contribution is -2.24. The molecule has 0 spiro atoms. The Bertz CT molecular complexity index is 749. The van der Waals surface area contributed by atoms with E-state index in [-0.39, 0.29) is 17.0 Å². The third-order valence-corrected chi connectivity index (χ3v) is 4.66. The van der Waals surface area contributed by atoms with Crippen molar-refractivity contribution < 1.29 is 8.42 Å². The Morgan fingerprint density at radius 1 is 1.10 bits per heavy atom. The van der Waals surface area contributed by atoms with Crippen LogP contribution in [-0.4, -0.2) is 8.42 Å². The summed E-state index contributed by atoms with van der Waals surface area (Å²) in [5.74, 6) is 0. The fourth-order valence-corrected chi connectivity index (χ4v) is 3.09. The van der Waals surface area contributed by atoms with Gasteiger partial charge in [0, 0.05) is 11.0 Å². The molecule has 0 atom stereocenters. The fourth-order valence-electron chi connectivity index (χ4n) is 1.65. The molecule has 0 fully saturated rings. The standard InChI is InChI=1S/C14H11BrN2O2S/c15-13-7-5-11(6-8-13)10-17-20(18,19)14-4-2-1-3-12(14)9-16/h1-8,17H,10H2. The van der Waals surface area contributed by atoms with E-state index in [0.717, 1.165) is 10.0 Å². The molecule has 0 aliphatic rings. The van der Waals surface area contributed by atoms with Crippen LogP contribution in [0.5, 0.6) is 0 Å². The summed E-state index contributed by atoms with van der Waals surface area (Å²) < 4.78 is 27.8. The Hall–Kier alpha value is -1.68. The van der Waals surface area contributed by atoms with Crippen molar-refractivity contribution in [1.82, 2.24) is 4.72 Å². The van der Waals surface area contributed by atoms with Crippen molar-refractivity contribution >= 4 is 26.0 Å². The summed E-state index contributed by atoms with van der Waals surface area (Å²) in [5.41, 5.74) is 0.974. The van der Waals surface area contributed by atoms with E-state index in [1.807, 2.05) is 30.3 Å². The van der Waals surface area contributed by atoms with Gasteiger partial charge in [0.25, 0.3) is 0 Å². The van der Waals surface area contributed by atoms with E-state index in [2.05, 4.69) is 20.7 Å². The predicted octanol–water partition coefficient (Wildman–Crippen LogP) is 2.80. The van der Waals surface area contributed by atoms with Crippen molar-refractivity contribution in [2.24, 2.45) is 0 Å². The Morgan fingerprint density at radius 2 is 1.75 bits per heavy atom. The van der Waals surface area contributed by atoms with Crippen LogP contribution in [0.4, 0.5) is 0 Å². The number of halogens is 1. The first-order valence-corrected chi connectivity index (χ1v) is 8.04. The van der Waals surface area contributed by atoms with E-state index >= 15 is 0 Å². The Labute approximate surface area is 126 Å². The van der Waals surface area contributed by atoms with Crippen molar-refractivity contribution in [3.8, 4) is 6.07 Å². The molecule has 2 rings (SSSR count). The first kappa shape index (κ1) is 14.7. The highest BCUT2D eigenvalue weighted by atomic mass is 79.9. The van der Waals surface area contributed by atoms with Gasteiger partial charge in [-0.05, 0) is 29.8 Å². The maximum absolute atomic E-state index is 12.2. The van der Waals surface area contributed by atoms with Crippen molar-refractivity contribution in [3.63, 3.8) is 0 Å². The van der Waals surface area contributed by atoms with Crippen LogP contribution >= 0.6 is 15.9 Å². The van der Waals surface area contributed by atoms with E-state index in [9.17, 15) is 8.42 Å². The summed E-state index contributed by atoms with van der Waals surface area (Å²) in [6, 6.07) is 15.3. The van der Waals surface area contributed by atoms with Gasteiger partial charge in [-0.25, -0.2) is 13.1 Å². The normalized spacial score (nSPS) is 11.0. The van der Waals surface area contributed by atoms with Gasteiger partial charge >= 0.3 is 0 Å². The lowest BCUT2D eigenvalue weighted by atomic mass is 10.2. The molecule has 102 valence electrons. The molecule has 6 heteroatoms. The maximum Gasteiger partial charge on any atom is 0.242 e. The number of sulfonamides is 1. The zero-order valence-corrected chi connectivity index (χ0v) is 12.8. The van der Waals surface area contributed by atoms with Crippen LogP contribution in [0.25, 0.3) is 0 Å². The van der Waals surface area contributed by atoms with Gasteiger partial charge in [0.1, 0.15) is 6.07 Å². The summed E-state index contributed by atoms with van der Waals surface area (Å²) in [6.07, 6.45) is 0. The van der Waals surface area contributed by atoms with Crippen LogP contribution in [0.3, 0.4) is 0 Å². The quantitative estimate of drug-likeness (QED) is 0.921. The first-order valence-electron chi connectivity index (χ1n) is 5.76. The average molecular weight is 351 g/mol. The molecule has 0 radical (unpaired) electrons. The molecule has 0 aliphatic heterocycles. The molecule has 0 saturated heterocycles. The van der Waals surface area contributed by atoms with Crippen molar-refractivity contribution in [2.75, 3.05) is 0 Å². The van der Waals surface area contributed by atoms with Gasteiger partial charge in [0.2, 0.25) is 10.0 Å². The number of nitriles is 1. The van der Waals surface area contributed by atoms with E-state index in [1.54, 1.807) is 12.1 Å². The first-order chi connectivity index (χ1) is 9.53. The van der Waals surface area contributed by atoms with Gasteiger partial charge in [0.15, 0.2) is 0 Å². The average Bonchev–Trinajstić information content (AvgIpc) is 2.46. The number of rotatable bonds is 4. The van der Waals surface area contributed by atoms with E-state index < -0.39 is 10.0 Å². The molecule has 20 heavy (non-hydrogen) atoms. The molecule has 0 heterocycles. The molecule has 0 amide bonds. The van der Waals surface area contributed by atoms with Gasteiger partial charge in [0.05, 0.1) is 10.5 Å². The zero-order valence-electron chi connectivity index (χ0n) is 10.4. The molecule has 0 aromatic heterocycles. The third kappa shape index (κ3) is 3.45. The molecule has 4 nitrogen and oxygen atoms in total. The number of hydrogen-bond donors (Lipinski definition) is 1. The van der Waals surface area contributed by atoms with Crippen molar-refractivity contribution in [3.05, 3.63) is 64.1 Å². The van der Waals surface area contributed by atoms with Crippen LogP contribution in [0.2, 0.25) is 0 Å². The predicted molar refractivity (Wildman–Crippen MR) is 79.3 cm³/mol. The summed E-state index contributed by atoms with van der Waals surface area (Å²) >= 11 is 3.32. The highest BCUT2D eigenvalue weighted by molar-refractivity contribution is 9.10. The highest BCUT2D eigenvalue weighted by Crippen LogP contribution is 2.15. The van der Waals surface area contributed by atoms with Gasteiger partial charge in [-0.2, -0.15) is 5.26 Å². The smallest absolute Gasteiger partial charge is 0.207 e. The van der Waals surface area contributed by atoms with E-state index in [0.29, 0.717) is 0 Å². The number of hydrogen-bond acceptors (Lipinski definition) is 3. The minimum absolute atomic E-state index is 0.000360. The minimum Gasteiger partial charge on any atom is -0.207 e.